The van der Waals surface area contributed by atoms with Gasteiger partial charge in [0.05, 0.1) is 0 Å². The molecule has 1 aliphatic rings. The molecular formula is C10H20Cl3HfP. The van der Waals surface area contributed by atoms with Gasteiger partial charge in [-0.05, 0) is 0 Å². The summed E-state index contributed by atoms with van der Waals surface area (Å²) in [6.07, 6.45) is 9.70. The average Bonchev–Trinajstić information content (AvgIpc) is 2.37. The maximum Gasteiger partial charge on any atom is -0.147 e. The zero-order chi connectivity index (χ0) is 8.97. The minimum Gasteiger partial charge on any atom is -0.147 e. The van der Waals surface area contributed by atoms with Crippen LogP contribution >= 0.6 is 45.1 Å². The molecule has 0 spiro atoms. The molecule has 90 valence electrons. The van der Waals surface area contributed by atoms with Crippen LogP contribution in [0, 0.1) is 0 Å². The summed E-state index contributed by atoms with van der Waals surface area (Å²) in [6, 6.07) is 0. The van der Waals surface area contributed by atoms with Gasteiger partial charge in [0.2, 0.25) is 0 Å². The van der Waals surface area contributed by atoms with E-state index in [9.17, 15) is 0 Å². The zero-order valence-corrected chi connectivity index (χ0v) is 16.3. The molecule has 1 atom stereocenters. The molecule has 0 fully saturated rings. The molecule has 0 N–H and O–H groups in total. The van der Waals surface area contributed by atoms with Crippen LogP contribution in [0.4, 0.5) is 0 Å². The van der Waals surface area contributed by atoms with Crippen molar-refractivity contribution in [2.24, 2.45) is 0 Å². The summed E-state index contributed by atoms with van der Waals surface area (Å²) in [7, 11) is 0.341. The molecule has 0 aromatic rings. The van der Waals surface area contributed by atoms with Crippen LogP contribution in [0.15, 0.2) is 21.6 Å². The topological polar surface area (TPSA) is 0 Å². The van der Waals surface area contributed by atoms with Crippen LogP contribution in [0.2, 0.25) is 3.67 Å². The maximum absolute atomic E-state index is 2.46. The molecule has 0 radical (unpaired) electrons. The van der Waals surface area contributed by atoms with Crippen molar-refractivity contribution in [3.63, 3.8) is 0 Å². The van der Waals surface area contributed by atoms with E-state index in [0.717, 1.165) is 3.67 Å². The fraction of sp³-hybridized carbons (Fsp3) is 0.600. The third-order valence-corrected chi connectivity index (χ3v) is 9.52. The van der Waals surface area contributed by atoms with Crippen molar-refractivity contribution in [2.45, 2.75) is 17.0 Å². The summed E-state index contributed by atoms with van der Waals surface area (Å²) in [5, 5.41) is 0. The monoisotopic (exact) mass is 456 g/mol. The average molecular weight is 456 g/mol. The largest absolute Gasteiger partial charge is 0.147 e. The first-order valence-corrected chi connectivity index (χ1v) is 10.7. The Hall–Kier alpha value is 1.65. The molecule has 0 amide bonds. The Morgan fingerprint density at radius 2 is 1.93 bits per heavy atom. The van der Waals surface area contributed by atoms with Crippen molar-refractivity contribution in [1.29, 1.82) is 0 Å². The third-order valence-electron chi connectivity index (χ3n) is 1.84. The van der Waals surface area contributed by atoms with E-state index in [4.69, 9.17) is 0 Å². The molecule has 0 aromatic heterocycles. The molecule has 5 heteroatoms. The first kappa shape index (κ1) is 21.9. The van der Waals surface area contributed by atoms with Gasteiger partial charge in [0.1, 0.15) is 0 Å². The third kappa shape index (κ3) is 10.5. The van der Waals surface area contributed by atoms with Gasteiger partial charge in [-0.25, -0.2) is 0 Å². The van der Waals surface area contributed by atoms with Gasteiger partial charge in [-0.1, -0.05) is 0 Å². The van der Waals surface area contributed by atoms with Gasteiger partial charge in [0, 0.05) is 0 Å². The van der Waals surface area contributed by atoms with Crippen LogP contribution in [-0.4, -0.2) is 19.5 Å². The predicted molar refractivity (Wildman–Crippen MR) is 76.6 cm³/mol. The number of rotatable bonds is 4. The van der Waals surface area contributed by atoms with E-state index in [-0.39, 0.29) is 37.2 Å². The summed E-state index contributed by atoms with van der Waals surface area (Å²) in [6.45, 7) is 7.26. The SMILES string of the molecule is C[CH](CP(C)C)[Hf][C]1=CC=CC1.Cl.Cl.Cl. The van der Waals surface area contributed by atoms with Crippen molar-refractivity contribution < 1.29 is 22.9 Å². The Balaban J connectivity index is -0.000000480. The van der Waals surface area contributed by atoms with E-state index in [1.54, 1.807) is 0 Å². The Bertz CT molecular complexity index is 205. The van der Waals surface area contributed by atoms with Gasteiger partial charge in [-0.2, -0.15) is 0 Å². The summed E-state index contributed by atoms with van der Waals surface area (Å²) in [4.78, 5) is 0. The van der Waals surface area contributed by atoms with E-state index in [1.807, 2.05) is 3.33 Å². The number of halogens is 3. The maximum atomic E-state index is 2.46. The molecule has 0 nitrogen and oxygen atoms in total. The standard InChI is InChI=1S/C5H12P.C5H5.3ClH.Hf/c1-4-5-6(2)3;1-2-4-5-3-1;;;;/h4H,5H2,1-3H3;1-3H,4H2;3*1H;. The van der Waals surface area contributed by atoms with E-state index >= 15 is 0 Å². The number of allylic oxidation sites excluding steroid dienone is 4. The van der Waals surface area contributed by atoms with E-state index in [1.165, 1.54) is 12.6 Å². The van der Waals surface area contributed by atoms with Crippen molar-refractivity contribution in [2.75, 3.05) is 19.5 Å². The van der Waals surface area contributed by atoms with Gasteiger partial charge in [-0.3, -0.25) is 0 Å². The van der Waals surface area contributed by atoms with Crippen LogP contribution in [0.3, 0.4) is 0 Å². The summed E-state index contributed by atoms with van der Waals surface area (Å²) in [5.41, 5.74) is 0. The Morgan fingerprint density at radius 3 is 2.33 bits per heavy atom. The molecule has 1 unspecified atom stereocenters. The van der Waals surface area contributed by atoms with Crippen LogP contribution in [-0.2, 0) is 22.9 Å². The fourth-order valence-electron chi connectivity index (χ4n) is 1.46. The Morgan fingerprint density at radius 1 is 1.33 bits per heavy atom. The van der Waals surface area contributed by atoms with E-state index < -0.39 is 22.9 Å². The van der Waals surface area contributed by atoms with Crippen LogP contribution in [0.1, 0.15) is 13.3 Å². The van der Waals surface area contributed by atoms with Crippen LogP contribution in [0.5, 0.6) is 0 Å². The molecule has 1 aliphatic carbocycles. The van der Waals surface area contributed by atoms with Gasteiger partial charge in [-0.15, -0.1) is 37.2 Å². The van der Waals surface area contributed by atoms with Gasteiger partial charge in [0.25, 0.3) is 0 Å². The molecule has 0 saturated carbocycles. The molecule has 0 aromatic carbocycles. The van der Waals surface area contributed by atoms with Crippen molar-refractivity contribution >= 4 is 45.1 Å². The first-order chi connectivity index (χ1) is 5.68. The second kappa shape index (κ2) is 12.1. The van der Waals surface area contributed by atoms with Crippen molar-refractivity contribution in [3.8, 4) is 0 Å². The molecule has 0 heterocycles. The quantitative estimate of drug-likeness (QED) is 0.424. The minimum absolute atomic E-state index is 0. The molecule has 15 heavy (non-hydrogen) atoms. The molecule has 0 bridgehead atoms. The molecule has 0 saturated heterocycles. The smallest absolute Gasteiger partial charge is 0.147 e. The zero-order valence-electron chi connectivity index (χ0n) is 9.40. The fourth-order valence-corrected chi connectivity index (χ4v) is 11.4. The van der Waals surface area contributed by atoms with Gasteiger partial charge >= 0.3 is 88.9 Å². The second-order valence-electron chi connectivity index (χ2n) is 3.63. The van der Waals surface area contributed by atoms with Crippen LogP contribution in [0.25, 0.3) is 0 Å². The second-order valence-corrected chi connectivity index (χ2v) is 13.0. The van der Waals surface area contributed by atoms with E-state index in [0.29, 0.717) is 7.92 Å². The van der Waals surface area contributed by atoms with Crippen LogP contribution < -0.4 is 0 Å². The minimum atomic E-state index is -0.407. The normalized spacial score (nSPS) is 14.5. The number of hydrogen-bond donors (Lipinski definition) is 0. The predicted octanol–water partition coefficient (Wildman–Crippen LogP) is 4.73. The van der Waals surface area contributed by atoms with Crippen molar-refractivity contribution in [1.82, 2.24) is 0 Å². The molecule has 0 aliphatic heterocycles. The first-order valence-electron chi connectivity index (χ1n) is 4.45. The van der Waals surface area contributed by atoms with Gasteiger partial charge < -0.3 is 0 Å². The molecule has 1 rings (SSSR count). The number of hydrogen-bond acceptors (Lipinski definition) is 0. The van der Waals surface area contributed by atoms with E-state index in [2.05, 4.69) is 38.5 Å². The Labute approximate surface area is 125 Å². The summed E-state index contributed by atoms with van der Waals surface area (Å²) in [5.74, 6) is 0. The summed E-state index contributed by atoms with van der Waals surface area (Å²) >= 11 is -0.407. The Kier molecular flexibility index (Phi) is 17.7. The summed E-state index contributed by atoms with van der Waals surface area (Å²) < 4.78 is 2.90. The molecular weight excluding hydrogens is 436 g/mol. The van der Waals surface area contributed by atoms with Crippen molar-refractivity contribution in [3.05, 3.63) is 21.6 Å². The van der Waals surface area contributed by atoms with Gasteiger partial charge in [0.15, 0.2) is 0 Å².